The average Bonchev–Trinajstić information content (AvgIpc) is 2.47. The minimum Gasteiger partial charge on any atom is -0.308 e. The highest BCUT2D eigenvalue weighted by atomic mass is 32.2. The van der Waals surface area contributed by atoms with Crippen molar-refractivity contribution in [2.45, 2.75) is 44.7 Å². The van der Waals surface area contributed by atoms with E-state index in [-0.39, 0.29) is 18.1 Å². The van der Waals surface area contributed by atoms with E-state index in [1.807, 2.05) is 32.7 Å². The molecule has 1 aliphatic rings. The summed E-state index contributed by atoms with van der Waals surface area (Å²) in [6.45, 7) is 5.68. The molecule has 4 nitrogen and oxygen atoms in total. The zero-order valence-electron chi connectivity index (χ0n) is 13.6. The smallest absolute Gasteiger partial charge is 0.167 e. The number of carbonyl (C=O) groups excluding carboxylic acids is 2. The van der Waals surface area contributed by atoms with Gasteiger partial charge in [0.25, 0.3) is 0 Å². The second-order valence-electron chi connectivity index (χ2n) is 6.06. The molecular formula is C15H28N2O2S2. The van der Waals surface area contributed by atoms with Gasteiger partial charge < -0.3 is 5.32 Å². The summed E-state index contributed by atoms with van der Waals surface area (Å²) in [5.41, 5.74) is -1.15. The number of Topliss-reactive ketones (excluding diaryl/α,β-unsaturated/α-hetero) is 2. The van der Waals surface area contributed by atoms with Gasteiger partial charge in [-0.1, -0.05) is 0 Å². The predicted octanol–water partition coefficient (Wildman–Crippen LogP) is 1.73. The zero-order chi connectivity index (χ0) is 15.9. The summed E-state index contributed by atoms with van der Waals surface area (Å²) in [7, 11) is 1.83. The first-order chi connectivity index (χ1) is 9.84. The normalized spacial score (nSPS) is 33.6. The van der Waals surface area contributed by atoms with Crippen LogP contribution in [0.25, 0.3) is 0 Å². The Morgan fingerprint density at radius 2 is 1.76 bits per heavy atom. The van der Waals surface area contributed by atoms with Crippen LogP contribution in [0.1, 0.15) is 33.6 Å². The monoisotopic (exact) mass is 332 g/mol. The SMILES string of the molecule is CN[C@@]1(C)CSCCCCSC[C@@](C)(C(C)=O)NCC1=O. The third-order valence-electron chi connectivity index (χ3n) is 4.19. The Labute approximate surface area is 137 Å². The van der Waals surface area contributed by atoms with Gasteiger partial charge in [0.05, 0.1) is 17.6 Å². The van der Waals surface area contributed by atoms with E-state index in [0.717, 1.165) is 35.9 Å². The summed E-state index contributed by atoms with van der Waals surface area (Å²) in [4.78, 5) is 24.5. The minimum absolute atomic E-state index is 0.0956. The summed E-state index contributed by atoms with van der Waals surface area (Å²) in [5.74, 6) is 3.87. The van der Waals surface area contributed by atoms with Crippen molar-refractivity contribution < 1.29 is 9.59 Å². The van der Waals surface area contributed by atoms with Crippen LogP contribution in [-0.2, 0) is 9.59 Å². The molecule has 2 atom stereocenters. The summed E-state index contributed by atoms with van der Waals surface area (Å²) in [6.07, 6.45) is 2.33. The van der Waals surface area contributed by atoms with Crippen molar-refractivity contribution in [1.82, 2.24) is 10.6 Å². The highest BCUT2D eigenvalue weighted by Gasteiger charge is 2.35. The van der Waals surface area contributed by atoms with Crippen LogP contribution >= 0.6 is 23.5 Å². The molecule has 0 aliphatic carbocycles. The lowest BCUT2D eigenvalue weighted by Crippen LogP contribution is -2.58. The van der Waals surface area contributed by atoms with Crippen LogP contribution in [0, 0.1) is 0 Å². The molecule has 1 aliphatic heterocycles. The summed E-state index contributed by atoms with van der Waals surface area (Å²) < 4.78 is 0. The van der Waals surface area contributed by atoms with Gasteiger partial charge in [-0.05, 0) is 52.2 Å². The van der Waals surface area contributed by atoms with Crippen molar-refractivity contribution in [2.75, 3.05) is 36.6 Å². The van der Waals surface area contributed by atoms with Crippen LogP contribution in [-0.4, -0.2) is 59.2 Å². The van der Waals surface area contributed by atoms with E-state index in [1.165, 1.54) is 0 Å². The van der Waals surface area contributed by atoms with E-state index >= 15 is 0 Å². The molecule has 1 rings (SSSR count). The standard InChI is InChI=1S/C15H28N2O2S2/c1-12(18)14(2)10-20-7-5-6-8-21-11-15(3,16-4)13(19)9-17-14/h16-17H,5-11H2,1-4H3/t14-,15-/m0/s1. The lowest BCUT2D eigenvalue weighted by atomic mass is 9.96. The molecule has 0 aromatic rings. The second kappa shape index (κ2) is 8.56. The zero-order valence-corrected chi connectivity index (χ0v) is 15.2. The molecule has 0 spiro atoms. The number of likely N-dealkylation sites (N-methyl/N-ethyl adjacent to an activating group) is 1. The van der Waals surface area contributed by atoms with E-state index in [0.29, 0.717) is 0 Å². The van der Waals surface area contributed by atoms with Crippen LogP contribution in [0.3, 0.4) is 0 Å². The topological polar surface area (TPSA) is 58.2 Å². The number of rotatable bonds is 2. The van der Waals surface area contributed by atoms with Crippen molar-refractivity contribution in [2.24, 2.45) is 0 Å². The Balaban J connectivity index is 2.82. The third-order valence-corrected chi connectivity index (χ3v) is 6.91. The molecule has 122 valence electrons. The lowest BCUT2D eigenvalue weighted by Gasteiger charge is -2.31. The molecule has 1 saturated heterocycles. The van der Waals surface area contributed by atoms with Crippen LogP contribution in [0.2, 0.25) is 0 Å². The van der Waals surface area contributed by atoms with E-state index < -0.39 is 11.1 Å². The molecular weight excluding hydrogens is 304 g/mol. The molecule has 0 unspecified atom stereocenters. The molecule has 2 N–H and O–H groups in total. The number of hydrogen-bond acceptors (Lipinski definition) is 6. The number of ketones is 2. The van der Waals surface area contributed by atoms with Gasteiger partial charge in [0, 0.05) is 11.5 Å². The van der Waals surface area contributed by atoms with Gasteiger partial charge in [0.15, 0.2) is 5.78 Å². The maximum atomic E-state index is 12.5. The molecule has 0 radical (unpaired) electrons. The Kier molecular flexibility index (Phi) is 7.74. The Hall–Kier alpha value is -0.0400. The lowest BCUT2D eigenvalue weighted by molar-refractivity contribution is -0.125. The van der Waals surface area contributed by atoms with Gasteiger partial charge in [0.2, 0.25) is 0 Å². The number of hydrogen-bond donors (Lipinski definition) is 2. The van der Waals surface area contributed by atoms with Gasteiger partial charge in [-0.15, -0.1) is 0 Å². The number of carbonyl (C=O) groups is 2. The predicted molar refractivity (Wildman–Crippen MR) is 93.4 cm³/mol. The largest absolute Gasteiger partial charge is 0.308 e. The van der Waals surface area contributed by atoms with E-state index in [4.69, 9.17) is 0 Å². The van der Waals surface area contributed by atoms with E-state index in [1.54, 1.807) is 18.7 Å². The first-order valence-corrected chi connectivity index (χ1v) is 9.79. The Morgan fingerprint density at radius 3 is 2.29 bits per heavy atom. The van der Waals surface area contributed by atoms with Crippen molar-refractivity contribution in [3.8, 4) is 0 Å². The van der Waals surface area contributed by atoms with Crippen LogP contribution < -0.4 is 10.6 Å². The van der Waals surface area contributed by atoms with Gasteiger partial charge in [-0.2, -0.15) is 23.5 Å². The maximum Gasteiger partial charge on any atom is 0.167 e. The molecule has 0 amide bonds. The van der Waals surface area contributed by atoms with Crippen molar-refractivity contribution >= 4 is 35.1 Å². The number of thioether (sulfide) groups is 2. The van der Waals surface area contributed by atoms with Crippen molar-refractivity contribution in [3.63, 3.8) is 0 Å². The first kappa shape index (κ1) is 19.0. The molecule has 0 aromatic heterocycles. The fourth-order valence-electron chi connectivity index (χ4n) is 2.00. The molecule has 0 saturated carbocycles. The minimum atomic E-state index is -0.615. The van der Waals surface area contributed by atoms with Gasteiger partial charge in [0.1, 0.15) is 5.78 Å². The molecule has 0 aromatic carbocycles. The number of nitrogens with one attached hydrogen (secondary N) is 2. The van der Waals surface area contributed by atoms with E-state index in [9.17, 15) is 9.59 Å². The molecule has 0 bridgehead atoms. The molecule has 6 heteroatoms. The summed E-state index contributed by atoms with van der Waals surface area (Å²) in [5, 5.41) is 6.36. The fourth-order valence-corrected chi connectivity index (χ4v) is 4.53. The Morgan fingerprint density at radius 1 is 1.19 bits per heavy atom. The fraction of sp³-hybridized carbons (Fsp3) is 0.867. The summed E-state index contributed by atoms with van der Waals surface area (Å²) >= 11 is 3.63. The Bertz CT molecular complexity index is 379. The van der Waals surface area contributed by atoms with Crippen LogP contribution in [0.15, 0.2) is 0 Å². The highest BCUT2D eigenvalue weighted by molar-refractivity contribution is 7.99. The van der Waals surface area contributed by atoms with E-state index in [2.05, 4.69) is 10.6 Å². The molecule has 1 fully saturated rings. The van der Waals surface area contributed by atoms with Gasteiger partial charge in [-0.3, -0.25) is 14.9 Å². The quantitative estimate of drug-likeness (QED) is 0.803. The first-order valence-electron chi connectivity index (χ1n) is 7.48. The van der Waals surface area contributed by atoms with Gasteiger partial charge in [-0.25, -0.2) is 0 Å². The van der Waals surface area contributed by atoms with Gasteiger partial charge >= 0.3 is 0 Å². The third kappa shape index (κ3) is 5.58. The molecule has 21 heavy (non-hydrogen) atoms. The maximum absolute atomic E-state index is 12.5. The van der Waals surface area contributed by atoms with Crippen molar-refractivity contribution in [3.05, 3.63) is 0 Å². The molecule has 1 heterocycles. The highest BCUT2D eigenvalue weighted by Crippen LogP contribution is 2.20. The average molecular weight is 333 g/mol. The van der Waals surface area contributed by atoms with Crippen LogP contribution in [0.4, 0.5) is 0 Å². The summed E-state index contributed by atoms with van der Waals surface area (Å²) in [6, 6.07) is 0. The van der Waals surface area contributed by atoms with Crippen molar-refractivity contribution in [1.29, 1.82) is 0 Å². The second-order valence-corrected chi connectivity index (χ2v) is 8.27. The van der Waals surface area contributed by atoms with Crippen LogP contribution in [0.5, 0.6) is 0 Å².